The molecule has 114 valence electrons. The average molecular weight is 276 g/mol. The molecule has 0 aromatic rings. The molecule has 0 heterocycles. The molecule has 7 nitrogen and oxygen atoms in total. The van der Waals surface area contributed by atoms with Gasteiger partial charge in [-0.1, -0.05) is 0 Å². The summed E-state index contributed by atoms with van der Waals surface area (Å²) < 4.78 is 10.2. The van der Waals surface area contributed by atoms with Gasteiger partial charge in [-0.25, -0.2) is 4.79 Å². The SMILES string of the molecule is COCC(C)(C)OC(=O)NCCNCCNCCN. The summed E-state index contributed by atoms with van der Waals surface area (Å²) in [6.45, 7) is 8.36. The summed E-state index contributed by atoms with van der Waals surface area (Å²) in [6, 6.07) is 0. The monoisotopic (exact) mass is 276 g/mol. The molecule has 0 aromatic heterocycles. The maximum absolute atomic E-state index is 11.5. The van der Waals surface area contributed by atoms with Crippen LogP contribution < -0.4 is 21.7 Å². The van der Waals surface area contributed by atoms with E-state index in [9.17, 15) is 4.79 Å². The van der Waals surface area contributed by atoms with Gasteiger partial charge in [-0.05, 0) is 13.8 Å². The van der Waals surface area contributed by atoms with Crippen LogP contribution in [0.15, 0.2) is 0 Å². The number of carbonyl (C=O) groups is 1. The van der Waals surface area contributed by atoms with E-state index >= 15 is 0 Å². The largest absolute Gasteiger partial charge is 0.441 e. The smallest absolute Gasteiger partial charge is 0.407 e. The van der Waals surface area contributed by atoms with Crippen LogP contribution in [-0.2, 0) is 9.47 Å². The molecule has 0 atom stereocenters. The first-order chi connectivity index (χ1) is 9.02. The molecular weight excluding hydrogens is 248 g/mol. The summed E-state index contributed by atoms with van der Waals surface area (Å²) in [5.74, 6) is 0. The maximum atomic E-state index is 11.5. The lowest BCUT2D eigenvalue weighted by molar-refractivity contribution is -0.0182. The van der Waals surface area contributed by atoms with Crippen LogP contribution in [0.25, 0.3) is 0 Å². The number of hydrogen-bond acceptors (Lipinski definition) is 6. The van der Waals surface area contributed by atoms with E-state index in [0.29, 0.717) is 26.2 Å². The van der Waals surface area contributed by atoms with Gasteiger partial charge in [0.05, 0.1) is 6.61 Å². The van der Waals surface area contributed by atoms with Crippen LogP contribution in [0, 0.1) is 0 Å². The second-order valence-electron chi connectivity index (χ2n) is 4.80. The minimum absolute atomic E-state index is 0.367. The summed E-state index contributed by atoms with van der Waals surface area (Å²) in [5.41, 5.74) is 4.73. The number of ether oxygens (including phenoxy) is 2. The number of nitrogens with one attached hydrogen (secondary N) is 3. The van der Waals surface area contributed by atoms with E-state index in [1.807, 2.05) is 0 Å². The van der Waals surface area contributed by atoms with Crippen molar-refractivity contribution in [1.29, 1.82) is 0 Å². The van der Waals surface area contributed by atoms with Crippen molar-refractivity contribution in [3.63, 3.8) is 0 Å². The normalized spacial score (nSPS) is 11.4. The van der Waals surface area contributed by atoms with E-state index in [1.165, 1.54) is 0 Å². The molecule has 0 saturated carbocycles. The number of amides is 1. The summed E-state index contributed by atoms with van der Waals surface area (Å²) >= 11 is 0. The van der Waals surface area contributed by atoms with E-state index in [4.69, 9.17) is 15.2 Å². The van der Waals surface area contributed by atoms with Crippen LogP contribution in [0.2, 0.25) is 0 Å². The molecule has 0 fully saturated rings. The highest BCUT2D eigenvalue weighted by Gasteiger charge is 2.22. The predicted octanol–water partition coefficient (Wildman–Crippen LogP) is -0.724. The molecule has 0 aliphatic heterocycles. The fraction of sp³-hybridized carbons (Fsp3) is 0.917. The van der Waals surface area contributed by atoms with Crippen LogP contribution >= 0.6 is 0 Å². The van der Waals surface area contributed by atoms with E-state index in [2.05, 4.69) is 16.0 Å². The molecule has 7 heteroatoms. The molecule has 0 rings (SSSR count). The molecule has 5 N–H and O–H groups in total. The van der Waals surface area contributed by atoms with Crippen LogP contribution in [-0.4, -0.2) is 64.7 Å². The first-order valence-corrected chi connectivity index (χ1v) is 6.59. The lowest BCUT2D eigenvalue weighted by Crippen LogP contribution is -2.40. The van der Waals surface area contributed by atoms with E-state index in [1.54, 1.807) is 21.0 Å². The Morgan fingerprint density at radius 3 is 2.26 bits per heavy atom. The van der Waals surface area contributed by atoms with Crippen LogP contribution in [0.1, 0.15) is 13.8 Å². The average Bonchev–Trinajstić information content (AvgIpc) is 2.31. The van der Waals surface area contributed by atoms with Gasteiger partial charge in [-0.3, -0.25) is 0 Å². The van der Waals surface area contributed by atoms with Crippen LogP contribution in [0.3, 0.4) is 0 Å². The number of carbonyl (C=O) groups excluding carboxylic acids is 1. The molecule has 0 unspecified atom stereocenters. The van der Waals surface area contributed by atoms with Crippen molar-refractivity contribution in [2.45, 2.75) is 19.4 Å². The lowest BCUT2D eigenvalue weighted by atomic mass is 10.1. The van der Waals surface area contributed by atoms with Crippen molar-refractivity contribution < 1.29 is 14.3 Å². The minimum atomic E-state index is -0.613. The third kappa shape index (κ3) is 11.9. The van der Waals surface area contributed by atoms with Gasteiger partial charge >= 0.3 is 6.09 Å². The molecule has 19 heavy (non-hydrogen) atoms. The van der Waals surface area contributed by atoms with E-state index in [0.717, 1.165) is 19.6 Å². The zero-order valence-electron chi connectivity index (χ0n) is 12.3. The number of alkyl carbamates (subject to hydrolysis) is 1. The fourth-order valence-corrected chi connectivity index (χ4v) is 1.45. The van der Waals surface area contributed by atoms with E-state index < -0.39 is 11.7 Å². The third-order valence-electron chi connectivity index (χ3n) is 2.23. The Morgan fingerprint density at radius 1 is 1.11 bits per heavy atom. The Bertz CT molecular complexity index is 237. The summed E-state index contributed by atoms with van der Waals surface area (Å²) in [5, 5.41) is 9.04. The van der Waals surface area contributed by atoms with Gasteiger partial charge in [0.1, 0.15) is 5.60 Å². The highest BCUT2D eigenvalue weighted by atomic mass is 16.6. The predicted molar refractivity (Wildman–Crippen MR) is 75.2 cm³/mol. The second kappa shape index (κ2) is 11.0. The van der Waals surface area contributed by atoms with Crippen molar-refractivity contribution in [2.75, 3.05) is 53.0 Å². The number of nitrogens with two attached hydrogens (primary N) is 1. The van der Waals surface area contributed by atoms with Crippen LogP contribution in [0.5, 0.6) is 0 Å². The van der Waals surface area contributed by atoms with Crippen molar-refractivity contribution in [3.8, 4) is 0 Å². The van der Waals surface area contributed by atoms with Gasteiger partial charge in [0.25, 0.3) is 0 Å². The van der Waals surface area contributed by atoms with Crippen molar-refractivity contribution in [3.05, 3.63) is 0 Å². The van der Waals surface area contributed by atoms with Crippen molar-refractivity contribution in [2.24, 2.45) is 5.73 Å². The summed E-state index contributed by atoms with van der Waals surface area (Å²) in [7, 11) is 1.58. The molecule has 0 aliphatic rings. The van der Waals surface area contributed by atoms with Gasteiger partial charge in [0, 0.05) is 46.4 Å². The van der Waals surface area contributed by atoms with Gasteiger partial charge in [-0.2, -0.15) is 0 Å². The van der Waals surface area contributed by atoms with E-state index in [-0.39, 0.29) is 0 Å². The number of hydrogen-bond donors (Lipinski definition) is 4. The molecule has 0 saturated heterocycles. The fourth-order valence-electron chi connectivity index (χ4n) is 1.45. The number of methoxy groups -OCH3 is 1. The van der Waals surface area contributed by atoms with Gasteiger partial charge in [0.2, 0.25) is 0 Å². The minimum Gasteiger partial charge on any atom is -0.441 e. The Labute approximate surface area is 115 Å². The highest BCUT2D eigenvalue weighted by Crippen LogP contribution is 2.08. The molecule has 0 aromatic carbocycles. The molecule has 0 bridgehead atoms. The molecular formula is C12H28N4O3. The highest BCUT2D eigenvalue weighted by molar-refractivity contribution is 5.67. The third-order valence-corrected chi connectivity index (χ3v) is 2.23. The Balaban J connectivity index is 3.43. The Hall–Kier alpha value is -0.890. The van der Waals surface area contributed by atoms with Crippen LogP contribution in [0.4, 0.5) is 4.79 Å². The Kier molecular flexibility index (Phi) is 10.5. The second-order valence-corrected chi connectivity index (χ2v) is 4.80. The summed E-state index contributed by atoms with van der Waals surface area (Å²) in [6.07, 6.45) is -0.426. The molecule has 0 radical (unpaired) electrons. The lowest BCUT2D eigenvalue weighted by Gasteiger charge is -2.24. The molecule has 1 amide bonds. The van der Waals surface area contributed by atoms with Gasteiger partial charge in [0.15, 0.2) is 0 Å². The summed E-state index contributed by atoms with van der Waals surface area (Å²) in [4.78, 5) is 11.5. The maximum Gasteiger partial charge on any atom is 0.407 e. The van der Waals surface area contributed by atoms with Crippen molar-refractivity contribution >= 4 is 6.09 Å². The first-order valence-electron chi connectivity index (χ1n) is 6.59. The first kappa shape index (κ1) is 18.1. The van der Waals surface area contributed by atoms with Gasteiger partial charge < -0.3 is 31.2 Å². The molecule has 0 aliphatic carbocycles. The quantitative estimate of drug-likeness (QED) is 0.372. The number of rotatable bonds is 11. The topological polar surface area (TPSA) is 97.6 Å². The zero-order chi connectivity index (χ0) is 14.6. The van der Waals surface area contributed by atoms with Gasteiger partial charge in [-0.15, -0.1) is 0 Å². The van der Waals surface area contributed by atoms with Crippen molar-refractivity contribution in [1.82, 2.24) is 16.0 Å². The molecule has 0 spiro atoms. The Morgan fingerprint density at radius 2 is 1.68 bits per heavy atom. The standard InChI is InChI=1S/C12H28N4O3/c1-12(2,10-18-3)19-11(17)16-9-8-15-7-6-14-5-4-13/h14-15H,4-10,13H2,1-3H3,(H,16,17). The zero-order valence-corrected chi connectivity index (χ0v) is 12.3.